The molecular formula is C15H23O. The molecular weight excluding hydrogens is 196 g/mol. The molecule has 0 N–H and O–H groups in total. The highest BCUT2D eigenvalue weighted by molar-refractivity contribution is 5.14. The molecule has 0 bridgehead atoms. The highest BCUT2D eigenvalue weighted by Crippen LogP contribution is 2.03. The van der Waals surface area contributed by atoms with E-state index in [2.05, 4.69) is 31.2 Å². The van der Waals surface area contributed by atoms with Crippen LogP contribution >= 0.6 is 0 Å². The number of hydrogen-bond donors (Lipinski definition) is 0. The number of benzene rings is 1. The first-order valence-electron chi connectivity index (χ1n) is 6.34. The van der Waals surface area contributed by atoms with Crippen molar-refractivity contribution < 1.29 is 4.74 Å². The average molecular weight is 219 g/mol. The van der Waals surface area contributed by atoms with Crippen LogP contribution < -0.4 is 0 Å². The van der Waals surface area contributed by atoms with Gasteiger partial charge in [-0.1, -0.05) is 62.9 Å². The first-order chi connectivity index (χ1) is 7.93. The summed E-state index contributed by atoms with van der Waals surface area (Å²) >= 11 is 0. The Morgan fingerprint density at radius 2 is 1.62 bits per heavy atom. The zero-order chi connectivity index (χ0) is 11.5. The van der Waals surface area contributed by atoms with Gasteiger partial charge in [0.25, 0.3) is 0 Å². The van der Waals surface area contributed by atoms with Crippen LogP contribution in [0, 0.1) is 6.92 Å². The predicted octanol–water partition coefficient (Wildman–Crippen LogP) is 4.03. The van der Waals surface area contributed by atoms with Crippen LogP contribution in [0.3, 0.4) is 0 Å². The molecule has 1 aromatic carbocycles. The van der Waals surface area contributed by atoms with Crippen molar-refractivity contribution in [3.05, 3.63) is 42.8 Å². The SMILES string of the molecule is [CH2]CCCCCCOCCc1ccccc1. The quantitative estimate of drug-likeness (QED) is 0.570. The minimum Gasteiger partial charge on any atom is -0.381 e. The van der Waals surface area contributed by atoms with Gasteiger partial charge >= 0.3 is 0 Å². The Hall–Kier alpha value is -0.820. The van der Waals surface area contributed by atoms with Crippen molar-refractivity contribution in [2.45, 2.75) is 38.5 Å². The molecule has 1 heteroatoms. The Morgan fingerprint density at radius 3 is 2.38 bits per heavy atom. The second-order valence-electron chi connectivity index (χ2n) is 4.12. The molecule has 1 radical (unpaired) electrons. The van der Waals surface area contributed by atoms with Gasteiger partial charge in [0.1, 0.15) is 0 Å². The van der Waals surface area contributed by atoms with E-state index >= 15 is 0 Å². The molecule has 0 saturated carbocycles. The van der Waals surface area contributed by atoms with Gasteiger partial charge in [-0.15, -0.1) is 0 Å². The molecule has 0 fully saturated rings. The molecule has 1 rings (SSSR count). The van der Waals surface area contributed by atoms with Gasteiger partial charge in [-0.25, -0.2) is 0 Å². The topological polar surface area (TPSA) is 9.23 Å². The van der Waals surface area contributed by atoms with E-state index < -0.39 is 0 Å². The molecule has 1 nitrogen and oxygen atoms in total. The van der Waals surface area contributed by atoms with Crippen molar-refractivity contribution in [2.75, 3.05) is 13.2 Å². The number of hydrogen-bond acceptors (Lipinski definition) is 1. The van der Waals surface area contributed by atoms with Crippen molar-refractivity contribution in [2.24, 2.45) is 0 Å². The fourth-order valence-electron chi connectivity index (χ4n) is 1.67. The molecule has 89 valence electrons. The second-order valence-corrected chi connectivity index (χ2v) is 4.12. The van der Waals surface area contributed by atoms with Crippen LogP contribution in [-0.2, 0) is 11.2 Å². The molecule has 16 heavy (non-hydrogen) atoms. The normalized spacial score (nSPS) is 10.6. The predicted molar refractivity (Wildman–Crippen MR) is 69.4 cm³/mol. The Balaban J connectivity index is 1.89. The van der Waals surface area contributed by atoms with Gasteiger partial charge in [0.2, 0.25) is 0 Å². The van der Waals surface area contributed by atoms with Crippen LogP contribution in [0.25, 0.3) is 0 Å². The standard InChI is InChI=1S/C15H23O/c1-2-3-4-5-9-13-16-14-12-15-10-7-6-8-11-15/h6-8,10-11H,1-5,9,12-14H2. The van der Waals surface area contributed by atoms with Crippen LogP contribution in [0.15, 0.2) is 30.3 Å². The van der Waals surface area contributed by atoms with Crippen LogP contribution in [0.4, 0.5) is 0 Å². The van der Waals surface area contributed by atoms with Crippen LogP contribution in [0.2, 0.25) is 0 Å². The van der Waals surface area contributed by atoms with Gasteiger partial charge in [0, 0.05) is 6.61 Å². The summed E-state index contributed by atoms with van der Waals surface area (Å²) in [5, 5.41) is 0. The fourth-order valence-corrected chi connectivity index (χ4v) is 1.67. The van der Waals surface area contributed by atoms with Crippen molar-refractivity contribution in [1.29, 1.82) is 0 Å². The number of ether oxygens (including phenoxy) is 1. The summed E-state index contributed by atoms with van der Waals surface area (Å²) in [7, 11) is 0. The highest BCUT2D eigenvalue weighted by Gasteiger charge is 1.93. The smallest absolute Gasteiger partial charge is 0.0506 e. The Bertz CT molecular complexity index is 243. The third-order valence-corrected chi connectivity index (χ3v) is 2.67. The molecule has 1 aromatic rings. The lowest BCUT2D eigenvalue weighted by atomic mass is 10.1. The molecule has 0 atom stereocenters. The lowest BCUT2D eigenvalue weighted by Crippen LogP contribution is -2.00. The Labute approximate surface area is 99.8 Å². The second kappa shape index (κ2) is 9.41. The van der Waals surface area contributed by atoms with Crippen LogP contribution in [0.1, 0.15) is 37.7 Å². The third kappa shape index (κ3) is 6.62. The van der Waals surface area contributed by atoms with E-state index in [1.807, 2.05) is 6.07 Å². The monoisotopic (exact) mass is 219 g/mol. The van der Waals surface area contributed by atoms with Crippen molar-refractivity contribution in [3.8, 4) is 0 Å². The summed E-state index contributed by atoms with van der Waals surface area (Å²) in [5.74, 6) is 0. The van der Waals surface area contributed by atoms with E-state index in [0.29, 0.717) is 0 Å². The van der Waals surface area contributed by atoms with E-state index in [9.17, 15) is 0 Å². The van der Waals surface area contributed by atoms with Gasteiger partial charge in [0.05, 0.1) is 6.61 Å². The summed E-state index contributed by atoms with van der Waals surface area (Å²) in [5.41, 5.74) is 1.36. The molecule has 0 saturated heterocycles. The molecule has 0 aliphatic rings. The van der Waals surface area contributed by atoms with Crippen molar-refractivity contribution >= 4 is 0 Å². The minimum atomic E-state index is 0.847. The zero-order valence-corrected chi connectivity index (χ0v) is 10.2. The summed E-state index contributed by atoms with van der Waals surface area (Å²) in [6.45, 7) is 5.59. The molecule has 0 spiro atoms. The number of unbranched alkanes of at least 4 members (excludes halogenated alkanes) is 4. The maximum absolute atomic E-state index is 5.60. The van der Waals surface area contributed by atoms with E-state index in [-0.39, 0.29) is 0 Å². The van der Waals surface area contributed by atoms with Crippen LogP contribution in [0.5, 0.6) is 0 Å². The average Bonchev–Trinajstić information content (AvgIpc) is 2.34. The van der Waals surface area contributed by atoms with Crippen LogP contribution in [-0.4, -0.2) is 13.2 Å². The highest BCUT2D eigenvalue weighted by atomic mass is 16.5. The van der Waals surface area contributed by atoms with E-state index in [0.717, 1.165) is 26.1 Å². The van der Waals surface area contributed by atoms with Gasteiger partial charge < -0.3 is 4.74 Å². The first-order valence-corrected chi connectivity index (χ1v) is 6.34. The summed E-state index contributed by atoms with van der Waals surface area (Å²) < 4.78 is 5.60. The Morgan fingerprint density at radius 1 is 0.875 bits per heavy atom. The summed E-state index contributed by atoms with van der Waals surface area (Å²) in [6, 6.07) is 10.5. The first kappa shape index (κ1) is 13.2. The lowest BCUT2D eigenvalue weighted by Gasteiger charge is -2.04. The summed E-state index contributed by atoms with van der Waals surface area (Å²) in [6.07, 6.45) is 7.11. The van der Waals surface area contributed by atoms with Gasteiger partial charge in [0.15, 0.2) is 0 Å². The van der Waals surface area contributed by atoms with E-state index in [4.69, 9.17) is 4.74 Å². The maximum Gasteiger partial charge on any atom is 0.0506 e. The Kier molecular flexibility index (Phi) is 7.79. The van der Waals surface area contributed by atoms with Crippen molar-refractivity contribution in [3.63, 3.8) is 0 Å². The fraction of sp³-hybridized carbons (Fsp3) is 0.533. The molecule has 0 unspecified atom stereocenters. The van der Waals surface area contributed by atoms with Gasteiger partial charge in [-0.2, -0.15) is 0 Å². The van der Waals surface area contributed by atoms with E-state index in [1.165, 1.54) is 31.2 Å². The lowest BCUT2D eigenvalue weighted by molar-refractivity contribution is 0.133. The van der Waals surface area contributed by atoms with Crippen molar-refractivity contribution in [1.82, 2.24) is 0 Å². The zero-order valence-electron chi connectivity index (χ0n) is 10.2. The van der Waals surface area contributed by atoms with Gasteiger partial charge in [-0.05, 0) is 18.4 Å². The molecule has 0 aliphatic carbocycles. The van der Waals surface area contributed by atoms with E-state index in [1.54, 1.807) is 0 Å². The summed E-state index contributed by atoms with van der Waals surface area (Å²) in [4.78, 5) is 0. The number of rotatable bonds is 9. The minimum absolute atomic E-state index is 0.847. The maximum atomic E-state index is 5.60. The molecule has 0 heterocycles. The van der Waals surface area contributed by atoms with Gasteiger partial charge in [-0.3, -0.25) is 0 Å². The largest absolute Gasteiger partial charge is 0.381 e. The molecule has 0 aliphatic heterocycles. The molecule has 0 aromatic heterocycles. The third-order valence-electron chi connectivity index (χ3n) is 2.67. The molecule has 0 amide bonds.